The molecule has 0 N–H and O–H groups in total. The first-order valence-corrected chi connectivity index (χ1v) is 5.99. The summed E-state index contributed by atoms with van der Waals surface area (Å²) in [6, 6.07) is 7.60. The van der Waals surface area contributed by atoms with Crippen LogP contribution in [0.2, 0.25) is 0 Å². The number of benzene rings is 1. The molecule has 0 radical (unpaired) electrons. The minimum absolute atomic E-state index is 0.681. The average molecular weight is 203 g/mol. The summed E-state index contributed by atoms with van der Waals surface area (Å²) in [6.45, 7) is 9.20. The van der Waals surface area contributed by atoms with Crippen LogP contribution in [0.25, 0.3) is 0 Å². The second-order valence-corrected chi connectivity index (χ2v) is 4.90. The number of aryl methyl sites for hydroxylation is 1. The maximum atomic E-state index is 2.58. The van der Waals surface area contributed by atoms with Crippen molar-refractivity contribution in [2.24, 2.45) is 0 Å². The van der Waals surface area contributed by atoms with Crippen LogP contribution >= 0.6 is 0 Å². The highest BCUT2D eigenvalue weighted by Crippen LogP contribution is 2.18. The number of fused-ring (bicyclic) bond motifs is 1. The lowest BCUT2D eigenvalue weighted by atomic mass is 10.0. The van der Waals surface area contributed by atoms with Crippen molar-refractivity contribution < 1.29 is 0 Å². The molecule has 0 amide bonds. The van der Waals surface area contributed by atoms with Crippen molar-refractivity contribution in [3.05, 3.63) is 34.9 Å². The van der Waals surface area contributed by atoms with E-state index >= 15 is 0 Å². The van der Waals surface area contributed by atoms with Crippen LogP contribution in [0.15, 0.2) is 18.2 Å². The van der Waals surface area contributed by atoms with Gasteiger partial charge in [-0.2, -0.15) is 0 Å². The van der Waals surface area contributed by atoms with E-state index < -0.39 is 0 Å². The normalized spacial score (nSPS) is 17.6. The van der Waals surface area contributed by atoms with Gasteiger partial charge in [0, 0.05) is 19.1 Å². The topological polar surface area (TPSA) is 3.24 Å². The van der Waals surface area contributed by atoms with Crippen LogP contribution in [0.5, 0.6) is 0 Å². The summed E-state index contributed by atoms with van der Waals surface area (Å²) >= 11 is 0. The summed E-state index contributed by atoms with van der Waals surface area (Å²) in [6.07, 6.45) is 2.43. The number of nitrogens with zero attached hydrogens (tertiary/aromatic N) is 1. The first-order valence-electron chi connectivity index (χ1n) is 5.99. The molecule has 0 saturated carbocycles. The molecule has 2 rings (SSSR count). The molecule has 1 aliphatic rings. The van der Waals surface area contributed by atoms with E-state index in [4.69, 9.17) is 0 Å². The highest BCUT2D eigenvalue weighted by Gasteiger charge is 2.15. The molecule has 0 atom stereocenters. The van der Waals surface area contributed by atoms with Crippen LogP contribution in [-0.2, 0) is 12.8 Å². The lowest BCUT2D eigenvalue weighted by Crippen LogP contribution is -2.32. The molecule has 0 spiro atoms. The minimum Gasteiger partial charge on any atom is -0.300 e. The Labute approximate surface area is 93.1 Å². The summed E-state index contributed by atoms with van der Waals surface area (Å²) in [4.78, 5) is 2.58. The molecular formula is C14H21N. The minimum atomic E-state index is 0.681. The molecule has 0 aromatic heterocycles. The van der Waals surface area contributed by atoms with Crippen molar-refractivity contribution in [3.8, 4) is 0 Å². The van der Waals surface area contributed by atoms with Gasteiger partial charge in [-0.05, 0) is 44.7 Å². The first kappa shape index (κ1) is 10.7. The Morgan fingerprint density at radius 1 is 1.07 bits per heavy atom. The fourth-order valence-corrected chi connectivity index (χ4v) is 2.39. The van der Waals surface area contributed by atoms with Gasteiger partial charge in [-0.1, -0.05) is 23.8 Å². The van der Waals surface area contributed by atoms with Gasteiger partial charge in [-0.3, -0.25) is 0 Å². The van der Waals surface area contributed by atoms with E-state index in [9.17, 15) is 0 Å². The quantitative estimate of drug-likeness (QED) is 0.678. The molecular weight excluding hydrogens is 182 g/mol. The second kappa shape index (κ2) is 4.36. The Morgan fingerprint density at radius 2 is 1.73 bits per heavy atom. The zero-order valence-electron chi connectivity index (χ0n) is 10.1. The predicted molar refractivity (Wildman–Crippen MR) is 65.3 cm³/mol. The van der Waals surface area contributed by atoms with Crippen LogP contribution in [0, 0.1) is 6.92 Å². The van der Waals surface area contributed by atoms with E-state index in [1.165, 1.54) is 31.5 Å². The molecule has 1 aliphatic heterocycles. The number of hydrogen-bond donors (Lipinski definition) is 0. The van der Waals surface area contributed by atoms with E-state index in [1.807, 2.05) is 0 Å². The third kappa shape index (κ3) is 2.40. The van der Waals surface area contributed by atoms with Gasteiger partial charge >= 0.3 is 0 Å². The van der Waals surface area contributed by atoms with Crippen LogP contribution in [0.4, 0.5) is 0 Å². The Hall–Kier alpha value is -0.820. The molecule has 1 heterocycles. The maximum absolute atomic E-state index is 2.58. The van der Waals surface area contributed by atoms with Gasteiger partial charge in [0.05, 0.1) is 0 Å². The van der Waals surface area contributed by atoms with E-state index in [0.717, 1.165) is 0 Å². The first-order chi connectivity index (χ1) is 7.16. The fourth-order valence-electron chi connectivity index (χ4n) is 2.39. The van der Waals surface area contributed by atoms with Gasteiger partial charge in [0.25, 0.3) is 0 Å². The van der Waals surface area contributed by atoms with Crippen molar-refractivity contribution in [2.45, 2.75) is 39.7 Å². The number of rotatable bonds is 1. The van der Waals surface area contributed by atoms with E-state index in [1.54, 1.807) is 11.1 Å². The molecule has 0 aliphatic carbocycles. The van der Waals surface area contributed by atoms with Gasteiger partial charge in [0.2, 0.25) is 0 Å². The molecule has 1 heteroatoms. The highest BCUT2D eigenvalue weighted by molar-refractivity contribution is 5.32. The fraction of sp³-hybridized carbons (Fsp3) is 0.571. The monoisotopic (exact) mass is 203 g/mol. The lowest BCUT2D eigenvalue weighted by molar-refractivity contribution is 0.233. The standard InChI is InChI=1S/C14H21N/c1-11(2)15-8-6-13-5-4-12(3)10-14(13)7-9-15/h4-5,10-11H,6-9H2,1-3H3. The lowest BCUT2D eigenvalue weighted by Gasteiger charge is -2.23. The average Bonchev–Trinajstić information content (AvgIpc) is 2.39. The molecule has 0 unspecified atom stereocenters. The van der Waals surface area contributed by atoms with Crippen molar-refractivity contribution >= 4 is 0 Å². The van der Waals surface area contributed by atoms with E-state index in [2.05, 4.69) is 43.9 Å². The van der Waals surface area contributed by atoms with Gasteiger partial charge in [-0.15, -0.1) is 0 Å². The molecule has 0 bridgehead atoms. The molecule has 1 aromatic carbocycles. The van der Waals surface area contributed by atoms with Crippen LogP contribution < -0.4 is 0 Å². The number of hydrogen-bond acceptors (Lipinski definition) is 1. The Bertz CT molecular complexity index is 341. The summed E-state index contributed by atoms with van der Waals surface area (Å²) in [5.74, 6) is 0. The molecule has 1 nitrogen and oxygen atoms in total. The summed E-state index contributed by atoms with van der Waals surface area (Å²) in [5, 5.41) is 0. The van der Waals surface area contributed by atoms with Crippen molar-refractivity contribution in [1.82, 2.24) is 4.90 Å². The molecule has 82 valence electrons. The van der Waals surface area contributed by atoms with Crippen LogP contribution in [-0.4, -0.2) is 24.0 Å². The van der Waals surface area contributed by atoms with Crippen molar-refractivity contribution in [1.29, 1.82) is 0 Å². The maximum Gasteiger partial charge on any atom is 0.00388 e. The van der Waals surface area contributed by atoms with Crippen LogP contribution in [0.3, 0.4) is 0 Å². The zero-order valence-corrected chi connectivity index (χ0v) is 10.1. The van der Waals surface area contributed by atoms with Crippen molar-refractivity contribution in [2.75, 3.05) is 13.1 Å². The van der Waals surface area contributed by atoms with Gasteiger partial charge in [0.15, 0.2) is 0 Å². The summed E-state index contributed by atoms with van der Waals surface area (Å²) in [5.41, 5.74) is 4.52. The van der Waals surface area contributed by atoms with E-state index in [0.29, 0.717) is 6.04 Å². The zero-order chi connectivity index (χ0) is 10.8. The molecule has 15 heavy (non-hydrogen) atoms. The Morgan fingerprint density at radius 3 is 2.40 bits per heavy atom. The van der Waals surface area contributed by atoms with Crippen LogP contribution in [0.1, 0.15) is 30.5 Å². The third-order valence-electron chi connectivity index (χ3n) is 3.43. The van der Waals surface area contributed by atoms with Gasteiger partial charge in [0.1, 0.15) is 0 Å². The Balaban J connectivity index is 2.18. The van der Waals surface area contributed by atoms with E-state index in [-0.39, 0.29) is 0 Å². The molecule has 0 fully saturated rings. The molecule has 0 saturated heterocycles. The summed E-state index contributed by atoms with van der Waals surface area (Å²) < 4.78 is 0. The highest BCUT2D eigenvalue weighted by atomic mass is 15.1. The SMILES string of the molecule is Cc1ccc2c(c1)CCN(C(C)C)CC2. The van der Waals surface area contributed by atoms with Gasteiger partial charge in [-0.25, -0.2) is 0 Å². The second-order valence-electron chi connectivity index (χ2n) is 4.90. The molecule has 1 aromatic rings. The predicted octanol–water partition coefficient (Wildman–Crippen LogP) is 2.80. The summed E-state index contributed by atoms with van der Waals surface area (Å²) in [7, 11) is 0. The van der Waals surface area contributed by atoms with Gasteiger partial charge < -0.3 is 4.90 Å². The largest absolute Gasteiger partial charge is 0.300 e. The van der Waals surface area contributed by atoms with Crippen molar-refractivity contribution in [3.63, 3.8) is 0 Å². The third-order valence-corrected chi connectivity index (χ3v) is 3.43. The smallest absolute Gasteiger partial charge is 0.00388 e. The Kier molecular flexibility index (Phi) is 3.11.